The zero-order valence-electron chi connectivity index (χ0n) is 9.84. The van der Waals surface area contributed by atoms with E-state index in [-0.39, 0.29) is 0 Å². The lowest BCUT2D eigenvalue weighted by Crippen LogP contribution is -2.03. The summed E-state index contributed by atoms with van der Waals surface area (Å²) in [6, 6.07) is 7.96. The molecule has 0 N–H and O–H groups in total. The lowest BCUT2D eigenvalue weighted by atomic mass is 10.3. The summed E-state index contributed by atoms with van der Waals surface area (Å²) in [6.07, 6.45) is 3.80. The smallest absolute Gasteiger partial charge is 0.125 e. The summed E-state index contributed by atoms with van der Waals surface area (Å²) >= 11 is 3.51. The average Bonchev–Trinajstić information content (AvgIpc) is 2.73. The summed E-state index contributed by atoms with van der Waals surface area (Å²) in [4.78, 5) is 8.47. The van der Waals surface area contributed by atoms with Crippen LogP contribution in [0.3, 0.4) is 0 Å². The Kier molecular flexibility index (Phi) is 2.83. The van der Waals surface area contributed by atoms with Gasteiger partial charge in [-0.3, -0.25) is 4.68 Å². The summed E-state index contributed by atoms with van der Waals surface area (Å²) in [5, 5.41) is 5.67. The lowest BCUT2D eigenvalue weighted by molar-refractivity contribution is 0.676. The fourth-order valence-corrected chi connectivity index (χ4v) is 2.36. The Bertz CT molecular complexity index is 705. The maximum Gasteiger partial charge on any atom is 0.125 e. The molecule has 90 valence electrons. The molecule has 3 rings (SSSR count). The Labute approximate surface area is 113 Å². The van der Waals surface area contributed by atoms with Crippen molar-refractivity contribution in [3.05, 3.63) is 52.7 Å². The molecule has 2 heterocycles. The second kappa shape index (κ2) is 4.49. The molecule has 5 heteroatoms. The van der Waals surface area contributed by atoms with Gasteiger partial charge < -0.3 is 0 Å². The first kappa shape index (κ1) is 11.3. The van der Waals surface area contributed by atoms with Crippen molar-refractivity contribution in [3.63, 3.8) is 0 Å². The predicted octanol–water partition coefficient (Wildman–Crippen LogP) is 2.95. The molecule has 2 aromatic heterocycles. The third-order valence-electron chi connectivity index (χ3n) is 2.69. The van der Waals surface area contributed by atoms with E-state index in [1.807, 2.05) is 36.0 Å². The number of rotatable bonds is 2. The average molecular weight is 303 g/mol. The number of benzene rings is 1. The van der Waals surface area contributed by atoms with Crippen LogP contribution in [0.4, 0.5) is 0 Å². The van der Waals surface area contributed by atoms with E-state index < -0.39 is 0 Å². The quantitative estimate of drug-likeness (QED) is 0.731. The number of aromatic nitrogens is 4. The van der Waals surface area contributed by atoms with Crippen molar-refractivity contribution < 1.29 is 0 Å². The summed E-state index contributed by atoms with van der Waals surface area (Å²) in [5.41, 5.74) is 1.94. The van der Waals surface area contributed by atoms with Gasteiger partial charge in [-0.05, 0) is 35.0 Å². The van der Waals surface area contributed by atoms with Crippen LogP contribution in [0.5, 0.6) is 0 Å². The molecule has 0 aliphatic carbocycles. The molecule has 0 aliphatic rings. The molecule has 3 aromatic rings. The largest absolute Gasteiger partial charge is 0.265 e. The van der Waals surface area contributed by atoms with Crippen molar-refractivity contribution in [1.82, 2.24) is 19.7 Å². The van der Waals surface area contributed by atoms with Gasteiger partial charge in [0.05, 0.1) is 12.2 Å². The van der Waals surface area contributed by atoms with Gasteiger partial charge in [0.1, 0.15) is 11.3 Å². The van der Waals surface area contributed by atoms with Gasteiger partial charge in [-0.1, -0.05) is 12.1 Å². The zero-order chi connectivity index (χ0) is 12.5. The van der Waals surface area contributed by atoms with E-state index in [1.54, 1.807) is 6.20 Å². The molecule has 0 bridgehead atoms. The minimum Gasteiger partial charge on any atom is -0.265 e. The molecule has 4 nitrogen and oxygen atoms in total. The SMILES string of the molecule is Cc1nccc(Cn2cc3cccc(Br)c3n2)n1. The highest BCUT2D eigenvalue weighted by Gasteiger charge is 2.05. The molecule has 0 atom stereocenters. The highest BCUT2D eigenvalue weighted by molar-refractivity contribution is 9.10. The van der Waals surface area contributed by atoms with Gasteiger partial charge in [0, 0.05) is 22.3 Å². The Morgan fingerprint density at radius 3 is 2.94 bits per heavy atom. The topological polar surface area (TPSA) is 43.6 Å². The number of aryl methyl sites for hydroxylation is 1. The maximum atomic E-state index is 4.55. The number of halogens is 1. The molecule has 0 spiro atoms. The van der Waals surface area contributed by atoms with E-state index in [1.165, 1.54) is 0 Å². The molecule has 0 saturated heterocycles. The number of nitrogens with zero attached hydrogens (tertiary/aromatic N) is 4. The van der Waals surface area contributed by atoms with Crippen LogP contribution < -0.4 is 0 Å². The fraction of sp³-hybridized carbons (Fsp3) is 0.154. The van der Waals surface area contributed by atoms with Gasteiger partial charge in [-0.2, -0.15) is 5.10 Å². The van der Waals surface area contributed by atoms with E-state index >= 15 is 0 Å². The van der Waals surface area contributed by atoms with Crippen molar-refractivity contribution >= 4 is 26.8 Å². The van der Waals surface area contributed by atoms with Gasteiger partial charge in [-0.15, -0.1) is 0 Å². The molecule has 0 amide bonds. The first-order chi connectivity index (χ1) is 8.72. The van der Waals surface area contributed by atoms with Crippen molar-refractivity contribution in [3.8, 4) is 0 Å². The predicted molar refractivity (Wildman–Crippen MR) is 73.3 cm³/mol. The Morgan fingerprint density at radius 1 is 1.28 bits per heavy atom. The maximum absolute atomic E-state index is 4.55. The minimum absolute atomic E-state index is 0.657. The van der Waals surface area contributed by atoms with Crippen LogP contribution in [0.1, 0.15) is 11.5 Å². The van der Waals surface area contributed by atoms with Crippen molar-refractivity contribution in [2.24, 2.45) is 0 Å². The molecule has 0 radical (unpaired) electrons. The molecular formula is C13H11BrN4. The van der Waals surface area contributed by atoms with Gasteiger partial charge in [0.25, 0.3) is 0 Å². The van der Waals surface area contributed by atoms with E-state index in [4.69, 9.17) is 0 Å². The minimum atomic E-state index is 0.657. The zero-order valence-corrected chi connectivity index (χ0v) is 11.4. The van der Waals surface area contributed by atoms with Crippen LogP contribution in [0.2, 0.25) is 0 Å². The van der Waals surface area contributed by atoms with E-state index in [9.17, 15) is 0 Å². The Balaban J connectivity index is 1.98. The van der Waals surface area contributed by atoms with Gasteiger partial charge in [0.15, 0.2) is 0 Å². The van der Waals surface area contributed by atoms with Gasteiger partial charge >= 0.3 is 0 Å². The summed E-state index contributed by atoms with van der Waals surface area (Å²) in [7, 11) is 0. The number of fused-ring (bicyclic) bond motifs is 1. The number of hydrogen-bond acceptors (Lipinski definition) is 3. The van der Waals surface area contributed by atoms with Crippen LogP contribution in [-0.4, -0.2) is 19.7 Å². The third kappa shape index (κ3) is 2.13. The summed E-state index contributed by atoms with van der Waals surface area (Å²) in [6.45, 7) is 2.55. The lowest BCUT2D eigenvalue weighted by Gasteiger charge is -2.00. The van der Waals surface area contributed by atoms with E-state index in [0.29, 0.717) is 6.54 Å². The van der Waals surface area contributed by atoms with Gasteiger partial charge in [-0.25, -0.2) is 9.97 Å². The van der Waals surface area contributed by atoms with Crippen LogP contribution in [0.15, 0.2) is 41.1 Å². The first-order valence-electron chi connectivity index (χ1n) is 5.62. The second-order valence-corrected chi connectivity index (χ2v) is 4.95. The summed E-state index contributed by atoms with van der Waals surface area (Å²) in [5.74, 6) is 0.783. The highest BCUT2D eigenvalue weighted by Crippen LogP contribution is 2.22. The molecular weight excluding hydrogens is 292 g/mol. The highest BCUT2D eigenvalue weighted by atomic mass is 79.9. The van der Waals surface area contributed by atoms with Crippen LogP contribution in [0, 0.1) is 6.92 Å². The monoisotopic (exact) mass is 302 g/mol. The van der Waals surface area contributed by atoms with Crippen LogP contribution in [-0.2, 0) is 6.54 Å². The van der Waals surface area contributed by atoms with E-state index in [0.717, 1.165) is 26.9 Å². The van der Waals surface area contributed by atoms with Crippen LogP contribution >= 0.6 is 15.9 Å². The molecule has 0 fully saturated rings. The Hall–Kier alpha value is -1.75. The fourth-order valence-electron chi connectivity index (χ4n) is 1.90. The van der Waals surface area contributed by atoms with E-state index in [2.05, 4.69) is 37.1 Å². The number of hydrogen-bond donors (Lipinski definition) is 0. The third-order valence-corrected chi connectivity index (χ3v) is 3.33. The molecule has 0 aliphatic heterocycles. The standard InChI is InChI=1S/C13H11BrN4/c1-9-15-6-5-11(16-9)8-18-7-10-3-2-4-12(14)13(10)17-18/h2-7H,8H2,1H3. The normalized spacial score (nSPS) is 11.0. The van der Waals surface area contributed by atoms with Crippen molar-refractivity contribution in [1.29, 1.82) is 0 Å². The molecule has 0 saturated carbocycles. The van der Waals surface area contributed by atoms with Gasteiger partial charge in [0.2, 0.25) is 0 Å². The summed E-state index contributed by atoms with van der Waals surface area (Å²) < 4.78 is 2.91. The molecule has 18 heavy (non-hydrogen) atoms. The molecule has 1 aromatic carbocycles. The Morgan fingerprint density at radius 2 is 2.17 bits per heavy atom. The molecule has 0 unspecified atom stereocenters. The van der Waals surface area contributed by atoms with Crippen LogP contribution in [0.25, 0.3) is 10.9 Å². The first-order valence-corrected chi connectivity index (χ1v) is 6.42. The van der Waals surface area contributed by atoms with Crippen molar-refractivity contribution in [2.75, 3.05) is 0 Å². The van der Waals surface area contributed by atoms with Crippen molar-refractivity contribution in [2.45, 2.75) is 13.5 Å². The second-order valence-electron chi connectivity index (χ2n) is 4.10.